The van der Waals surface area contributed by atoms with Gasteiger partial charge in [-0.1, -0.05) is 18.3 Å². The Morgan fingerprint density at radius 3 is 2.92 bits per heavy atom. The highest BCUT2D eigenvalue weighted by Crippen LogP contribution is 2.32. The van der Waals surface area contributed by atoms with E-state index >= 15 is 0 Å². The summed E-state index contributed by atoms with van der Waals surface area (Å²) in [5.74, 6) is 0. The normalized spacial score (nSPS) is 10.8. The minimum atomic E-state index is 1.02. The van der Waals surface area contributed by atoms with E-state index in [-0.39, 0.29) is 0 Å². The first kappa shape index (κ1) is 9.96. The Labute approximate surface area is 86.8 Å². The zero-order valence-corrected chi connectivity index (χ0v) is 9.31. The Bertz CT molecular complexity index is 296. The van der Waals surface area contributed by atoms with E-state index in [1.54, 1.807) is 28.5 Å². The van der Waals surface area contributed by atoms with Gasteiger partial charge in [-0.3, -0.25) is 0 Å². The molecule has 3 heteroatoms. The standard InChI is InChI=1S/C9H10S3/c1-7-3-4-9(11-7)12-8(2)5-6-10/h3-6,10H,2H2,1H3/b6-5-. The summed E-state index contributed by atoms with van der Waals surface area (Å²) in [6, 6.07) is 4.23. The van der Waals surface area contributed by atoms with Crippen LogP contribution < -0.4 is 0 Å². The van der Waals surface area contributed by atoms with Gasteiger partial charge in [0.1, 0.15) is 0 Å². The minimum Gasteiger partial charge on any atom is -0.151 e. The fourth-order valence-electron chi connectivity index (χ4n) is 0.713. The van der Waals surface area contributed by atoms with Crippen molar-refractivity contribution in [2.24, 2.45) is 0 Å². The lowest BCUT2D eigenvalue weighted by Crippen LogP contribution is -1.62. The van der Waals surface area contributed by atoms with E-state index in [9.17, 15) is 0 Å². The molecule has 0 fully saturated rings. The summed E-state index contributed by atoms with van der Waals surface area (Å²) in [4.78, 5) is 2.35. The van der Waals surface area contributed by atoms with Crippen LogP contribution in [-0.4, -0.2) is 0 Å². The average molecular weight is 214 g/mol. The molecule has 1 aromatic heterocycles. The predicted octanol–water partition coefficient (Wildman–Crippen LogP) is 4.11. The Morgan fingerprint density at radius 1 is 1.67 bits per heavy atom. The molecule has 0 atom stereocenters. The maximum absolute atomic E-state index is 3.98. The summed E-state index contributed by atoms with van der Waals surface area (Å²) in [6.07, 6.45) is 1.89. The highest BCUT2D eigenvalue weighted by Gasteiger charge is 1.97. The van der Waals surface area contributed by atoms with E-state index in [2.05, 4.69) is 38.3 Å². The molecule has 64 valence electrons. The largest absolute Gasteiger partial charge is 0.151 e. The van der Waals surface area contributed by atoms with Crippen molar-refractivity contribution in [1.29, 1.82) is 0 Å². The van der Waals surface area contributed by atoms with Crippen LogP contribution in [0.25, 0.3) is 0 Å². The Kier molecular flexibility index (Phi) is 3.98. The molecule has 0 aliphatic carbocycles. The lowest BCUT2D eigenvalue weighted by Gasteiger charge is -1.94. The summed E-state index contributed by atoms with van der Waals surface area (Å²) in [6.45, 7) is 5.99. The maximum Gasteiger partial charge on any atom is 0.0648 e. The van der Waals surface area contributed by atoms with Crippen LogP contribution in [0.5, 0.6) is 0 Å². The van der Waals surface area contributed by atoms with Crippen molar-refractivity contribution >= 4 is 35.7 Å². The summed E-state index contributed by atoms with van der Waals surface area (Å²) >= 11 is 7.44. The van der Waals surface area contributed by atoms with Gasteiger partial charge in [0.05, 0.1) is 4.21 Å². The molecule has 0 bridgehead atoms. The SMILES string of the molecule is C=C(/C=C\S)Sc1ccc(C)s1. The minimum absolute atomic E-state index is 1.02. The van der Waals surface area contributed by atoms with E-state index in [1.165, 1.54) is 9.09 Å². The first-order chi connectivity index (χ1) is 5.72. The number of hydrogen-bond acceptors (Lipinski definition) is 3. The van der Waals surface area contributed by atoms with Gasteiger partial charge >= 0.3 is 0 Å². The first-order valence-corrected chi connectivity index (χ1v) is 5.61. The molecule has 1 rings (SSSR count). The fourth-order valence-corrected chi connectivity index (χ4v) is 3.00. The zero-order valence-electron chi connectivity index (χ0n) is 6.78. The molecule has 0 radical (unpaired) electrons. The molecular formula is C9H10S3. The molecule has 0 aromatic carbocycles. The molecule has 1 aromatic rings. The van der Waals surface area contributed by atoms with Gasteiger partial charge in [0.15, 0.2) is 0 Å². The van der Waals surface area contributed by atoms with Crippen molar-refractivity contribution in [3.63, 3.8) is 0 Å². The zero-order chi connectivity index (χ0) is 8.97. The molecule has 0 saturated carbocycles. The van der Waals surface area contributed by atoms with Gasteiger partial charge in [-0.25, -0.2) is 0 Å². The third-order valence-electron chi connectivity index (χ3n) is 1.21. The van der Waals surface area contributed by atoms with Crippen LogP contribution in [0.3, 0.4) is 0 Å². The van der Waals surface area contributed by atoms with Gasteiger partial charge in [-0.15, -0.1) is 11.3 Å². The number of thioether (sulfide) groups is 1. The lowest BCUT2D eigenvalue weighted by molar-refractivity contribution is 1.63. The molecule has 0 aliphatic rings. The van der Waals surface area contributed by atoms with Crippen LogP contribution in [0, 0.1) is 6.92 Å². The van der Waals surface area contributed by atoms with Crippen LogP contribution in [-0.2, 0) is 0 Å². The van der Waals surface area contributed by atoms with Gasteiger partial charge in [-0.2, -0.15) is 12.6 Å². The van der Waals surface area contributed by atoms with Gasteiger partial charge in [0.2, 0.25) is 0 Å². The number of aryl methyl sites for hydroxylation is 1. The number of hydrogen-bond donors (Lipinski definition) is 1. The number of allylic oxidation sites excluding steroid dienone is 1. The smallest absolute Gasteiger partial charge is 0.0648 e. The van der Waals surface area contributed by atoms with Crippen LogP contribution in [0.1, 0.15) is 4.88 Å². The topological polar surface area (TPSA) is 0 Å². The van der Waals surface area contributed by atoms with E-state index in [0.717, 1.165) is 4.91 Å². The molecule has 0 nitrogen and oxygen atoms in total. The molecule has 1 heterocycles. The molecule has 0 N–H and O–H groups in total. The van der Waals surface area contributed by atoms with E-state index in [0.29, 0.717) is 0 Å². The molecule has 0 amide bonds. The fraction of sp³-hybridized carbons (Fsp3) is 0.111. The summed E-state index contributed by atoms with van der Waals surface area (Å²) in [7, 11) is 0. The first-order valence-electron chi connectivity index (χ1n) is 3.46. The summed E-state index contributed by atoms with van der Waals surface area (Å²) < 4.78 is 1.28. The Balaban J connectivity index is 2.58. The molecule has 12 heavy (non-hydrogen) atoms. The van der Waals surface area contributed by atoms with Gasteiger partial charge in [0.25, 0.3) is 0 Å². The highest BCUT2D eigenvalue weighted by molar-refractivity contribution is 8.05. The molecular weight excluding hydrogens is 204 g/mol. The highest BCUT2D eigenvalue weighted by atomic mass is 32.2. The third-order valence-corrected chi connectivity index (χ3v) is 3.39. The maximum atomic E-state index is 3.98. The van der Waals surface area contributed by atoms with Crippen LogP contribution in [0.2, 0.25) is 0 Å². The van der Waals surface area contributed by atoms with Crippen molar-refractivity contribution in [2.75, 3.05) is 0 Å². The van der Waals surface area contributed by atoms with E-state index < -0.39 is 0 Å². The molecule has 0 unspecified atom stereocenters. The van der Waals surface area contributed by atoms with Gasteiger partial charge < -0.3 is 0 Å². The monoisotopic (exact) mass is 214 g/mol. The van der Waals surface area contributed by atoms with Crippen LogP contribution in [0.4, 0.5) is 0 Å². The lowest BCUT2D eigenvalue weighted by atomic mass is 10.5. The van der Waals surface area contributed by atoms with Crippen LogP contribution >= 0.6 is 35.7 Å². The Hall–Kier alpha value is -0.120. The second kappa shape index (κ2) is 4.80. The quantitative estimate of drug-likeness (QED) is 0.449. The van der Waals surface area contributed by atoms with Gasteiger partial charge in [-0.05, 0) is 30.5 Å². The molecule has 0 spiro atoms. The number of thiol groups is 1. The van der Waals surface area contributed by atoms with Crippen molar-refractivity contribution in [3.8, 4) is 0 Å². The number of rotatable bonds is 3. The van der Waals surface area contributed by atoms with Crippen molar-refractivity contribution in [2.45, 2.75) is 11.1 Å². The average Bonchev–Trinajstić information content (AvgIpc) is 2.36. The molecule has 0 aliphatic heterocycles. The molecule has 0 saturated heterocycles. The van der Waals surface area contributed by atoms with Crippen molar-refractivity contribution < 1.29 is 0 Å². The van der Waals surface area contributed by atoms with Crippen molar-refractivity contribution in [1.82, 2.24) is 0 Å². The second-order valence-corrected chi connectivity index (χ2v) is 5.26. The summed E-state index contributed by atoms with van der Waals surface area (Å²) in [5, 5.41) is 1.70. The van der Waals surface area contributed by atoms with Crippen LogP contribution in [0.15, 0.2) is 39.3 Å². The Morgan fingerprint density at radius 2 is 2.42 bits per heavy atom. The van der Waals surface area contributed by atoms with E-state index in [4.69, 9.17) is 0 Å². The van der Waals surface area contributed by atoms with E-state index in [1.807, 2.05) is 6.08 Å². The summed E-state index contributed by atoms with van der Waals surface area (Å²) in [5.41, 5.74) is 0. The van der Waals surface area contributed by atoms with Crippen molar-refractivity contribution in [3.05, 3.63) is 40.0 Å². The predicted molar refractivity (Wildman–Crippen MR) is 62.2 cm³/mol. The number of thiophene rings is 1. The van der Waals surface area contributed by atoms with Gasteiger partial charge in [0, 0.05) is 9.78 Å². The second-order valence-electron chi connectivity index (χ2n) is 2.25. The third kappa shape index (κ3) is 3.09.